The van der Waals surface area contributed by atoms with Crippen LogP contribution in [-0.2, 0) is 12.8 Å². The Morgan fingerprint density at radius 2 is 1.54 bits per heavy atom. The predicted molar refractivity (Wildman–Crippen MR) is 50.8 cm³/mol. The highest BCUT2D eigenvalue weighted by Crippen LogP contribution is 2.38. The summed E-state index contributed by atoms with van der Waals surface area (Å²) in [5.74, 6) is 0.310. The molecule has 0 unspecified atom stereocenters. The van der Waals surface area contributed by atoms with E-state index in [4.69, 9.17) is 0 Å². The molecular weight excluding hydrogens is 166 g/mol. The first kappa shape index (κ1) is 8.23. The predicted octanol–water partition coefficient (Wildman–Crippen LogP) is 1.88. The Kier molecular flexibility index (Phi) is 1.79. The van der Waals surface area contributed by atoms with E-state index in [0.717, 1.165) is 36.8 Å². The number of nitrogens with zero attached hydrogens (tertiary/aromatic N) is 1. The zero-order valence-electron chi connectivity index (χ0n) is 7.45. The third kappa shape index (κ3) is 1.03. The van der Waals surface area contributed by atoms with Gasteiger partial charge < -0.3 is 10.2 Å². The molecule has 3 nitrogen and oxygen atoms in total. The highest BCUT2D eigenvalue weighted by atomic mass is 16.3. The Bertz CT molecular complexity index is 323. The molecule has 1 heterocycles. The minimum absolute atomic E-state index is 0.155. The first-order chi connectivity index (χ1) is 6.25. The maximum atomic E-state index is 9.69. The fourth-order valence-corrected chi connectivity index (χ4v) is 1.96. The van der Waals surface area contributed by atoms with Crippen molar-refractivity contribution in [2.45, 2.75) is 25.7 Å². The van der Waals surface area contributed by atoms with Gasteiger partial charge in [0.25, 0.3) is 0 Å². The molecule has 70 valence electrons. The normalized spacial score (nSPS) is 15.4. The molecule has 0 saturated heterocycles. The van der Waals surface area contributed by atoms with Crippen molar-refractivity contribution in [2.24, 2.45) is 0 Å². The van der Waals surface area contributed by atoms with Crippen molar-refractivity contribution in [1.82, 2.24) is 4.57 Å². The van der Waals surface area contributed by atoms with Crippen LogP contribution in [0.4, 0.5) is 0 Å². The second kappa shape index (κ2) is 2.83. The van der Waals surface area contributed by atoms with Crippen LogP contribution in [0.5, 0.6) is 11.8 Å². The van der Waals surface area contributed by atoms with Crippen molar-refractivity contribution in [3.8, 4) is 11.8 Å². The maximum Gasteiger partial charge on any atom is 0.201 e. The van der Waals surface area contributed by atoms with E-state index in [1.54, 1.807) is 0 Å². The zero-order chi connectivity index (χ0) is 9.42. The highest BCUT2D eigenvalue weighted by molar-refractivity contribution is 5.51. The number of hydrogen-bond donors (Lipinski definition) is 2. The molecule has 0 atom stereocenters. The van der Waals surface area contributed by atoms with E-state index in [1.807, 2.05) is 0 Å². The average molecular weight is 179 g/mol. The topological polar surface area (TPSA) is 45.4 Å². The molecule has 0 aromatic carbocycles. The molecule has 1 aliphatic rings. The van der Waals surface area contributed by atoms with Crippen LogP contribution in [0, 0.1) is 0 Å². The molecule has 0 spiro atoms. The summed E-state index contributed by atoms with van der Waals surface area (Å²) in [7, 11) is 0. The van der Waals surface area contributed by atoms with Gasteiger partial charge in [-0.3, -0.25) is 4.57 Å². The molecule has 0 saturated carbocycles. The lowest BCUT2D eigenvalue weighted by atomic mass is 9.95. The molecule has 2 rings (SSSR count). The van der Waals surface area contributed by atoms with Crippen LogP contribution in [0.3, 0.4) is 0 Å². The minimum atomic E-state index is 0.155. The van der Waals surface area contributed by atoms with Crippen molar-refractivity contribution >= 4 is 6.20 Å². The summed E-state index contributed by atoms with van der Waals surface area (Å²) in [5.41, 5.74) is 1.78. The summed E-state index contributed by atoms with van der Waals surface area (Å²) in [4.78, 5) is 0. The standard InChI is InChI=1S/C10H13NO2/c1-2-11-9(12)7-5-3-4-6-8(7)10(11)13/h2,12-13H,1,3-6H2. The molecule has 1 aromatic rings. The Balaban J connectivity index is 2.62. The Labute approximate surface area is 76.9 Å². The number of rotatable bonds is 1. The van der Waals surface area contributed by atoms with Gasteiger partial charge in [0.1, 0.15) is 0 Å². The van der Waals surface area contributed by atoms with E-state index in [0.29, 0.717) is 0 Å². The zero-order valence-corrected chi connectivity index (χ0v) is 7.45. The van der Waals surface area contributed by atoms with Gasteiger partial charge >= 0.3 is 0 Å². The number of fused-ring (bicyclic) bond motifs is 1. The van der Waals surface area contributed by atoms with Crippen molar-refractivity contribution in [3.05, 3.63) is 17.7 Å². The number of aromatic hydroxyl groups is 2. The molecule has 13 heavy (non-hydrogen) atoms. The van der Waals surface area contributed by atoms with E-state index >= 15 is 0 Å². The molecule has 0 fully saturated rings. The van der Waals surface area contributed by atoms with Crippen LogP contribution < -0.4 is 0 Å². The van der Waals surface area contributed by atoms with Crippen LogP contribution in [0.1, 0.15) is 24.0 Å². The van der Waals surface area contributed by atoms with Gasteiger partial charge in [0.2, 0.25) is 11.8 Å². The summed E-state index contributed by atoms with van der Waals surface area (Å²) >= 11 is 0. The number of hydrogen-bond acceptors (Lipinski definition) is 2. The van der Waals surface area contributed by atoms with Gasteiger partial charge in [0, 0.05) is 17.3 Å². The van der Waals surface area contributed by atoms with E-state index < -0.39 is 0 Å². The van der Waals surface area contributed by atoms with E-state index in [2.05, 4.69) is 6.58 Å². The van der Waals surface area contributed by atoms with Gasteiger partial charge in [-0.05, 0) is 25.7 Å². The summed E-state index contributed by atoms with van der Waals surface area (Å²) < 4.78 is 1.34. The molecule has 0 radical (unpaired) electrons. The molecule has 2 N–H and O–H groups in total. The van der Waals surface area contributed by atoms with E-state index in [-0.39, 0.29) is 11.8 Å². The molecule has 0 aliphatic heterocycles. The van der Waals surface area contributed by atoms with Crippen molar-refractivity contribution < 1.29 is 10.2 Å². The van der Waals surface area contributed by atoms with Gasteiger partial charge in [-0.2, -0.15) is 0 Å². The maximum absolute atomic E-state index is 9.69. The van der Waals surface area contributed by atoms with E-state index in [1.165, 1.54) is 10.8 Å². The van der Waals surface area contributed by atoms with Gasteiger partial charge in [0.05, 0.1) is 0 Å². The lowest BCUT2D eigenvalue weighted by molar-refractivity contribution is 0.405. The SMILES string of the molecule is C=Cn1c(O)c2c(c1O)CCCC2. The fraction of sp³-hybridized carbons (Fsp3) is 0.400. The third-order valence-electron chi connectivity index (χ3n) is 2.65. The molecule has 0 bridgehead atoms. The molecular formula is C10H13NO2. The van der Waals surface area contributed by atoms with Crippen LogP contribution in [0.25, 0.3) is 6.20 Å². The van der Waals surface area contributed by atoms with Gasteiger partial charge in [0.15, 0.2) is 0 Å². The molecule has 1 aliphatic carbocycles. The molecule has 3 heteroatoms. The Morgan fingerprint density at radius 3 is 1.92 bits per heavy atom. The highest BCUT2D eigenvalue weighted by Gasteiger charge is 2.22. The van der Waals surface area contributed by atoms with E-state index in [9.17, 15) is 10.2 Å². The Hall–Kier alpha value is -1.38. The largest absolute Gasteiger partial charge is 0.494 e. The van der Waals surface area contributed by atoms with Crippen molar-refractivity contribution in [2.75, 3.05) is 0 Å². The van der Waals surface area contributed by atoms with Crippen molar-refractivity contribution in [3.63, 3.8) is 0 Å². The first-order valence-corrected chi connectivity index (χ1v) is 4.52. The summed E-state index contributed by atoms with van der Waals surface area (Å²) in [6, 6.07) is 0. The quantitative estimate of drug-likeness (QED) is 0.691. The second-order valence-electron chi connectivity index (χ2n) is 3.36. The fourth-order valence-electron chi connectivity index (χ4n) is 1.96. The third-order valence-corrected chi connectivity index (χ3v) is 2.65. The molecule has 0 amide bonds. The average Bonchev–Trinajstić information content (AvgIpc) is 2.41. The van der Waals surface area contributed by atoms with Gasteiger partial charge in [-0.1, -0.05) is 6.58 Å². The van der Waals surface area contributed by atoms with Crippen molar-refractivity contribution in [1.29, 1.82) is 0 Å². The second-order valence-corrected chi connectivity index (χ2v) is 3.36. The summed E-state index contributed by atoms with van der Waals surface area (Å²) in [6.45, 7) is 3.54. The molecule has 1 aromatic heterocycles. The monoisotopic (exact) mass is 179 g/mol. The van der Waals surface area contributed by atoms with Gasteiger partial charge in [-0.25, -0.2) is 0 Å². The lowest BCUT2D eigenvalue weighted by Gasteiger charge is -2.09. The van der Waals surface area contributed by atoms with Crippen LogP contribution in [0.2, 0.25) is 0 Å². The van der Waals surface area contributed by atoms with Gasteiger partial charge in [-0.15, -0.1) is 0 Å². The number of aromatic nitrogens is 1. The smallest absolute Gasteiger partial charge is 0.201 e. The first-order valence-electron chi connectivity index (χ1n) is 4.52. The van der Waals surface area contributed by atoms with Crippen LogP contribution >= 0.6 is 0 Å². The Morgan fingerprint density at radius 1 is 1.08 bits per heavy atom. The lowest BCUT2D eigenvalue weighted by Crippen LogP contribution is -1.98. The summed E-state index contributed by atoms with van der Waals surface area (Å²) in [5, 5.41) is 19.4. The van der Waals surface area contributed by atoms with Crippen LogP contribution in [0.15, 0.2) is 6.58 Å². The minimum Gasteiger partial charge on any atom is -0.494 e. The summed E-state index contributed by atoms with van der Waals surface area (Å²) in [6.07, 6.45) is 5.32. The van der Waals surface area contributed by atoms with Crippen LogP contribution in [-0.4, -0.2) is 14.8 Å².